The second-order valence-corrected chi connectivity index (χ2v) is 8.48. The van der Waals surface area contributed by atoms with Gasteiger partial charge < -0.3 is 14.5 Å². The van der Waals surface area contributed by atoms with Gasteiger partial charge in [-0.15, -0.1) is 10.2 Å². The minimum absolute atomic E-state index is 0.140. The summed E-state index contributed by atoms with van der Waals surface area (Å²) in [5.41, 5.74) is 2.89. The number of carbonyl (C=O) groups is 1. The molecule has 8 heteroatoms. The van der Waals surface area contributed by atoms with Gasteiger partial charge in [0.05, 0.1) is 5.25 Å². The van der Waals surface area contributed by atoms with E-state index in [4.69, 9.17) is 9.15 Å². The minimum atomic E-state index is -0.392. The Labute approximate surface area is 176 Å². The average Bonchev–Trinajstić information content (AvgIpc) is 3.11. The van der Waals surface area contributed by atoms with Crippen molar-refractivity contribution in [2.24, 2.45) is 0 Å². The van der Waals surface area contributed by atoms with E-state index in [0.717, 1.165) is 27.0 Å². The summed E-state index contributed by atoms with van der Waals surface area (Å²) in [6.07, 6.45) is 0. The molecule has 146 valence electrons. The topological polar surface area (TPSA) is 77.2 Å². The quantitative estimate of drug-likeness (QED) is 0.490. The first-order valence-electron chi connectivity index (χ1n) is 8.66. The Kier molecular flexibility index (Phi) is 6.74. The van der Waals surface area contributed by atoms with Gasteiger partial charge in [-0.05, 0) is 62.2 Å². The molecule has 0 spiro atoms. The molecule has 1 atom stereocenters. The fourth-order valence-electron chi connectivity index (χ4n) is 2.33. The zero-order valence-electron chi connectivity index (χ0n) is 15.7. The maximum Gasteiger partial charge on any atom is 0.277 e. The third-order valence-electron chi connectivity index (χ3n) is 3.90. The van der Waals surface area contributed by atoms with Crippen molar-refractivity contribution in [3.63, 3.8) is 0 Å². The monoisotopic (exact) mass is 461 g/mol. The van der Waals surface area contributed by atoms with Crippen molar-refractivity contribution in [1.82, 2.24) is 10.2 Å². The summed E-state index contributed by atoms with van der Waals surface area (Å²) in [5, 5.41) is 10.8. The van der Waals surface area contributed by atoms with Crippen molar-refractivity contribution in [2.75, 3.05) is 5.32 Å². The Bertz CT molecular complexity index is 960. The fourth-order valence-corrected chi connectivity index (χ4v) is 3.29. The highest BCUT2D eigenvalue weighted by molar-refractivity contribution is 9.10. The summed E-state index contributed by atoms with van der Waals surface area (Å²) < 4.78 is 12.3. The van der Waals surface area contributed by atoms with Crippen LogP contribution in [0.4, 0.5) is 5.69 Å². The number of aryl methyl sites for hydroxylation is 2. The first kappa shape index (κ1) is 20.4. The molecule has 0 bridgehead atoms. The van der Waals surface area contributed by atoms with Crippen LogP contribution in [0, 0.1) is 13.8 Å². The van der Waals surface area contributed by atoms with E-state index in [1.807, 2.05) is 56.3 Å². The number of thioether (sulfide) groups is 1. The SMILES string of the molecule is Cc1ccc(C)c(OCc2nnc(SC(C)C(=O)Nc3ccc(Br)cc3)o2)c1. The fraction of sp³-hybridized carbons (Fsp3) is 0.250. The molecule has 0 aliphatic carbocycles. The van der Waals surface area contributed by atoms with Crippen LogP contribution in [-0.2, 0) is 11.4 Å². The van der Waals surface area contributed by atoms with E-state index < -0.39 is 5.25 Å². The average molecular weight is 462 g/mol. The molecule has 2 aromatic carbocycles. The molecule has 0 radical (unpaired) electrons. The highest BCUT2D eigenvalue weighted by Gasteiger charge is 2.18. The highest BCUT2D eigenvalue weighted by atomic mass is 79.9. The van der Waals surface area contributed by atoms with Crippen LogP contribution in [-0.4, -0.2) is 21.4 Å². The summed E-state index contributed by atoms with van der Waals surface area (Å²) in [6, 6.07) is 13.4. The molecule has 3 rings (SSSR count). The third kappa shape index (κ3) is 5.59. The number of ether oxygens (including phenoxy) is 1. The lowest BCUT2D eigenvalue weighted by atomic mass is 10.1. The molecule has 0 saturated heterocycles. The normalized spacial score (nSPS) is 11.9. The second-order valence-electron chi connectivity index (χ2n) is 6.28. The Morgan fingerprint density at radius 3 is 2.71 bits per heavy atom. The molecule has 6 nitrogen and oxygen atoms in total. The van der Waals surface area contributed by atoms with E-state index in [9.17, 15) is 4.79 Å². The number of amides is 1. The number of nitrogens with one attached hydrogen (secondary N) is 1. The summed E-state index contributed by atoms with van der Waals surface area (Å²) in [7, 11) is 0. The summed E-state index contributed by atoms with van der Waals surface area (Å²) in [5.74, 6) is 1.01. The van der Waals surface area contributed by atoms with Crippen LogP contribution >= 0.6 is 27.7 Å². The van der Waals surface area contributed by atoms with Gasteiger partial charge in [-0.2, -0.15) is 0 Å². The Morgan fingerprint density at radius 1 is 1.21 bits per heavy atom. The minimum Gasteiger partial charge on any atom is -0.484 e. The molecule has 1 aromatic heterocycles. The van der Waals surface area contributed by atoms with E-state index in [1.165, 1.54) is 11.8 Å². The molecule has 1 N–H and O–H groups in total. The standard InChI is InChI=1S/C20H20BrN3O3S/c1-12-4-5-13(2)17(10-12)26-11-18-23-24-20(27-18)28-14(3)19(25)22-16-8-6-15(21)7-9-16/h4-10,14H,11H2,1-3H3,(H,22,25). The molecule has 1 amide bonds. The van der Waals surface area contributed by atoms with Gasteiger partial charge in [0.15, 0.2) is 6.61 Å². The number of rotatable bonds is 7. The van der Waals surface area contributed by atoms with Gasteiger partial charge >= 0.3 is 0 Å². The van der Waals surface area contributed by atoms with Crippen LogP contribution in [0.5, 0.6) is 5.75 Å². The van der Waals surface area contributed by atoms with Crippen molar-refractivity contribution in [3.8, 4) is 5.75 Å². The molecule has 1 heterocycles. The van der Waals surface area contributed by atoms with E-state index >= 15 is 0 Å². The molecule has 28 heavy (non-hydrogen) atoms. The second kappa shape index (κ2) is 9.25. The van der Waals surface area contributed by atoms with Gasteiger partial charge in [0.25, 0.3) is 11.1 Å². The van der Waals surface area contributed by atoms with E-state index in [1.54, 1.807) is 6.92 Å². The maximum atomic E-state index is 12.3. The zero-order valence-corrected chi connectivity index (χ0v) is 18.1. The van der Waals surface area contributed by atoms with Crippen LogP contribution in [0.15, 0.2) is 56.6 Å². The summed E-state index contributed by atoms with van der Waals surface area (Å²) in [4.78, 5) is 12.3. The van der Waals surface area contributed by atoms with Gasteiger partial charge in [-0.3, -0.25) is 4.79 Å². The lowest BCUT2D eigenvalue weighted by Gasteiger charge is -2.10. The largest absolute Gasteiger partial charge is 0.484 e. The van der Waals surface area contributed by atoms with Crippen molar-refractivity contribution < 1.29 is 13.9 Å². The van der Waals surface area contributed by atoms with Crippen molar-refractivity contribution in [2.45, 2.75) is 37.9 Å². The summed E-state index contributed by atoms with van der Waals surface area (Å²) in [6.45, 7) is 5.96. The van der Waals surface area contributed by atoms with Crippen molar-refractivity contribution in [3.05, 3.63) is 64.0 Å². The van der Waals surface area contributed by atoms with E-state index in [-0.39, 0.29) is 12.5 Å². The first-order chi connectivity index (χ1) is 13.4. The Morgan fingerprint density at radius 2 is 1.96 bits per heavy atom. The van der Waals surface area contributed by atoms with Crippen molar-refractivity contribution in [1.29, 1.82) is 0 Å². The molecule has 0 aliphatic heterocycles. The van der Waals surface area contributed by atoms with Gasteiger partial charge in [-0.25, -0.2) is 0 Å². The molecule has 3 aromatic rings. The van der Waals surface area contributed by atoms with E-state index in [0.29, 0.717) is 11.1 Å². The van der Waals surface area contributed by atoms with Gasteiger partial charge in [0.2, 0.25) is 5.91 Å². The lowest BCUT2D eigenvalue weighted by Crippen LogP contribution is -2.22. The number of hydrogen-bond donors (Lipinski definition) is 1. The molecular weight excluding hydrogens is 442 g/mol. The van der Waals surface area contributed by atoms with Crippen LogP contribution < -0.4 is 10.1 Å². The predicted octanol–water partition coefficient (Wildman–Crippen LogP) is 5.15. The number of aromatic nitrogens is 2. The van der Waals surface area contributed by atoms with Crippen LogP contribution in [0.3, 0.4) is 0 Å². The number of hydrogen-bond acceptors (Lipinski definition) is 6. The number of nitrogens with zero attached hydrogens (tertiary/aromatic N) is 2. The molecular formula is C20H20BrN3O3S. The van der Waals surface area contributed by atoms with Crippen LogP contribution in [0.25, 0.3) is 0 Å². The predicted molar refractivity (Wildman–Crippen MR) is 113 cm³/mol. The molecule has 0 fully saturated rings. The van der Waals surface area contributed by atoms with Crippen LogP contribution in [0.2, 0.25) is 0 Å². The van der Waals surface area contributed by atoms with Gasteiger partial charge in [0.1, 0.15) is 5.75 Å². The Balaban J connectivity index is 1.54. The third-order valence-corrected chi connectivity index (χ3v) is 5.36. The number of anilines is 1. The zero-order chi connectivity index (χ0) is 20.1. The smallest absolute Gasteiger partial charge is 0.277 e. The Hall–Kier alpha value is -2.32. The highest BCUT2D eigenvalue weighted by Crippen LogP contribution is 2.25. The summed E-state index contributed by atoms with van der Waals surface area (Å²) >= 11 is 4.57. The number of halogens is 1. The number of carbonyl (C=O) groups excluding carboxylic acids is 1. The lowest BCUT2D eigenvalue weighted by molar-refractivity contribution is -0.115. The van der Waals surface area contributed by atoms with Crippen molar-refractivity contribution >= 4 is 39.3 Å². The van der Waals surface area contributed by atoms with Crippen LogP contribution in [0.1, 0.15) is 23.9 Å². The molecule has 1 unspecified atom stereocenters. The number of benzene rings is 2. The van der Waals surface area contributed by atoms with Gasteiger partial charge in [0, 0.05) is 10.2 Å². The molecule has 0 aliphatic rings. The first-order valence-corrected chi connectivity index (χ1v) is 10.3. The maximum absolute atomic E-state index is 12.3. The van der Waals surface area contributed by atoms with E-state index in [2.05, 4.69) is 31.4 Å². The molecule has 0 saturated carbocycles. The van der Waals surface area contributed by atoms with Gasteiger partial charge in [-0.1, -0.05) is 39.8 Å².